The largest absolute Gasteiger partial charge is 0.417 e. The third kappa shape index (κ3) is 3.79. The van der Waals surface area contributed by atoms with Gasteiger partial charge in [0.2, 0.25) is 0 Å². The average molecular weight is 417 g/mol. The number of nitrogens with one attached hydrogen (secondary N) is 2. The summed E-state index contributed by atoms with van der Waals surface area (Å²) in [6.45, 7) is 0. The van der Waals surface area contributed by atoms with Crippen molar-refractivity contribution in [3.8, 4) is 11.4 Å². The van der Waals surface area contributed by atoms with E-state index < -0.39 is 17.6 Å². The molecule has 0 aliphatic carbocycles. The van der Waals surface area contributed by atoms with Gasteiger partial charge in [-0.15, -0.1) is 0 Å². The predicted octanol–water partition coefficient (Wildman–Crippen LogP) is 5.55. The Balaban J connectivity index is 1.79. The van der Waals surface area contributed by atoms with E-state index in [0.717, 1.165) is 6.07 Å². The topological polar surface area (TPSA) is 70.7 Å². The Morgan fingerprint density at radius 3 is 2.55 bits per heavy atom. The number of aromatic amines is 1. The van der Waals surface area contributed by atoms with Gasteiger partial charge in [0.05, 0.1) is 16.6 Å². The summed E-state index contributed by atoms with van der Waals surface area (Å²) in [6.07, 6.45) is -1.55. The van der Waals surface area contributed by atoms with E-state index in [9.17, 15) is 18.0 Å². The standard InChI is InChI=1S/C20H12ClF3N4O/c21-11-4-5-13(15(10-11)20(22,23)24)18-27-16-3-1-2-14(17(16)28-18)19(29)26-12-6-8-25-9-7-12/h1-10H,(H,27,28)(H,25,26,29). The van der Waals surface area contributed by atoms with Gasteiger partial charge in [0.15, 0.2) is 0 Å². The van der Waals surface area contributed by atoms with Crippen LogP contribution in [0.2, 0.25) is 5.02 Å². The van der Waals surface area contributed by atoms with E-state index in [1.54, 1.807) is 30.3 Å². The van der Waals surface area contributed by atoms with Crippen LogP contribution in [0.15, 0.2) is 60.9 Å². The number of amides is 1. The quantitative estimate of drug-likeness (QED) is 0.460. The number of para-hydroxylation sites is 1. The fourth-order valence-corrected chi connectivity index (χ4v) is 3.11. The smallest absolute Gasteiger partial charge is 0.338 e. The first-order valence-electron chi connectivity index (χ1n) is 8.40. The number of carbonyl (C=O) groups is 1. The van der Waals surface area contributed by atoms with E-state index >= 15 is 0 Å². The third-order valence-corrected chi connectivity index (χ3v) is 4.47. The highest BCUT2D eigenvalue weighted by Gasteiger charge is 2.34. The summed E-state index contributed by atoms with van der Waals surface area (Å²) < 4.78 is 40.3. The maximum atomic E-state index is 13.4. The molecule has 0 spiro atoms. The molecule has 4 rings (SSSR count). The number of imidazole rings is 1. The van der Waals surface area contributed by atoms with Crippen molar-refractivity contribution in [1.82, 2.24) is 15.0 Å². The van der Waals surface area contributed by atoms with Crippen LogP contribution in [0.5, 0.6) is 0 Å². The molecule has 0 aliphatic rings. The van der Waals surface area contributed by atoms with Gasteiger partial charge in [0, 0.05) is 28.7 Å². The molecule has 1 amide bonds. The van der Waals surface area contributed by atoms with Crippen LogP contribution >= 0.6 is 11.6 Å². The molecule has 5 nitrogen and oxygen atoms in total. The van der Waals surface area contributed by atoms with Gasteiger partial charge >= 0.3 is 6.18 Å². The first-order chi connectivity index (χ1) is 13.8. The van der Waals surface area contributed by atoms with Crippen LogP contribution in [0.3, 0.4) is 0 Å². The van der Waals surface area contributed by atoms with E-state index in [-0.39, 0.29) is 27.5 Å². The highest BCUT2D eigenvalue weighted by atomic mass is 35.5. The van der Waals surface area contributed by atoms with Gasteiger partial charge in [0.25, 0.3) is 5.91 Å². The number of benzene rings is 2. The summed E-state index contributed by atoms with van der Waals surface area (Å²) in [5, 5.41) is 2.68. The SMILES string of the molecule is O=C(Nc1ccncc1)c1cccc2[nH]c(-c3ccc(Cl)cc3C(F)(F)F)nc12. The fraction of sp³-hybridized carbons (Fsp3) is 0.0500. The summed E-state index contributed by atoms with van der Waals surface area (Å²) in [7, 11) is 0. The van der Waals surface area contributed by atoms with Crippen molar-refractivity contribution in [3.05, 3.63) is 77.1 Å². The number of alkyl halides is 3. The van der Waals surface area contributed by atoms with Gasteiger partial charge in [-0.05, 0) is 42.5 Å². The van der Waals surface area contributed by atoms with Crippen LogP contribution in [0.4, 0.5) is 18.9 Å². The molecule has 0 bridgehead atoms. The second kappa shape index (κ2) is 7.21. The summed E-state index contributed by atoms with van der Waals surface area (Å²) in [6, 6.07) is 11.5. The molecule has 0 unspecified atom stereocenters. The Hall–Kier alpha value is -3.39. The third-order valence-electron chi connectivity index (χ3n) is 4.24. The minimum atomic E-state index is -4.61. The maximum Gasteiger partial charge on any atom is 0.417 e. The molecule has 29 heavy (non-hydrogen) atoms. The van der Waals surface area contributed by atoms with E-state index in [4.69, 9.17) is 11.6 Å². The minimum Gasteiger partial charge on any atom is -0.338 e. The van der Waals surface area contributed by atoms with Crippen LogP contribution < -0.4 is 5.32 Å². The Morgan fingerprint density at radius 2 is 1.83 bits per heavy atom. The lowest BCUT2D eigenvalue weighted by Gasteiger charge is -2.11. The molecule has 0 saturated carbocycles. The molecular weight excluding hydrogens is 405 g/mol. The second-order valence-corrected chi connectivity index (χ2v) is 6.60. The van der Waals surface area contributed by atoms with Crippen LogP contribution in [0.1, 0.15) is 15.9 Å². The lowest BCUT2D eigenvalue weighted by atomic mass is 10.1. The van der Waals surface area contributed by atoms with Crippen molar-refractivity contribution in [3.63, 3.8) is 0 Å². The highest BCUT2D eigenvalue weighted by Crippen LogP contribution is 2.38. The zero-order chi connectivity index (χ0) is 20.6. The molecule has 0 atom stereocenters. The van der Waals surface area contributed by atoms with E-state index in [1.165, 1.54) is 24.5 Å². The van der Waals surface area contributed by atoms with Gasteiger partial charge < -0.3 is 10.3 Å². The number of halogens is 4. The summed E-state index contributed by atoms with van der Waals surface area (Å²) in [5.41, 5.74) is 0.396. The maximum absolute atomic E-state index is 13.4. The minimum absolute atomic E-state index is 0.00634. The van der Waals surface area contributed by atoms with Gasteiger partial charge in [-0.1, -0.05) is 17.7 Å². The molecule has 146 valence electrons. The number of hydrogen-bond acceptors (Lipinski definition) is 3. The van der Waals surface area contributed by atoms with E-state index in [1.807, 2.05) is 0 Å². The van der Waals surface area contributed by atoms with Crippen molar-refractivity contribution in [1.29, 1.82) is 0 Å². The first kappa shape index (κ1) is 18.9. The first-order valence-corrected chi connectivity index (χ1v) is 8.78. The number of pyridine rings is 1. The van der Waals surface area contributed by atoms with Crippen LogP contribution in [-0.2, 0) is 6.18 Å². The monoisotopic (exact) mass is 416 g/mol. The molecule has 0 aliphatic heterocycles. The van der Waals surface area contributed by atoms with Gasteiger partial charge in [-0.2, -0.15) is 13.2 Å². The average Bonchev–Trinajstić information content (AvgIpc) is 3.12. The molecule has 2 aromatic carbocycles. The van der Waals surface area contributed by atoms with Crippen molar-refractivity contribution in [2.75, 3.05) is 5.32 Å². The fourth-order valence-electron chi connectivity index (χ4n) is 2.93. The summed E-state index contributed by atoms with van der Waals surface area (Å²) in [4.78, 5) is 23.7. The molecule has 9 heteroatoms. The molecule has 0 fully saturated rings. The number of rotatable bonds is 3. The second-order valence-electron chi connectivity index (χ2n) is 6.16. The molecule has 0 radical (unpaired) electrons. The Bertz CT molecular complexity index is 1210. The number of aromatic nitrogens is 3. The van der Waals surface area contributed by atoms with Crippen LogP contribution in [-0.4, -0.2) is 20.9 Å². The number of anilines is 1. The molecule has 2 N–H and O–H groups in total. The van der Waals surface area contributed by atoms with Crippen molar-refractivity contribution in [2.24, 2.45) is 0 Å². The van der Waals surface area contributed by atoms with E-state index in [2.05, 4.69) is 20.3 Å². The Morgan fingerprint density at radius 1 is 1.07 bits per heavy atom. The molecule has 2 heterocycles. The number of H-pyrrole nitrogens is 1. The van der Waals surface area contributed by atoms with E-state index in [0.29, 0.717) is 11.2 Å². The summed E-state index contributed by atoms with van der Waals surface area (Å²) >= 11 is 5.74. The number of nitrogens with zero attached hydrogens (tertiary/aromatic N) is 2. The Labute approximate surface area is 167 Å². The predicted molar refractivity (Wildman–Crippen MR) is 104 cm³/mol. The van der Waals surface area contributed by atoms with Crippen molar-refractivity contribution in [2.45, 2.75) is 6.18 Å². The van der Waals surface area contributed by atoms with Crippen molar-refractivity contribution < 1.29 is 18.0 Å². The Kier molecular flexibility index (Phi) is 4.71. The molecular formula is C20H12ClF3N4O. The van der Waals surface area contributed by atoms with Gasteiger partial charge in [-0.25, -0.2) is 4.98 Å². The number of fused-ring (bicyclic) bond motifs is 1. The number of hydrogen-bond donors (Lipinski definition) is 2. The van der Waals surface area contributed by atoms with Crippen LogP contribution in [0.25, 0.3) is 22.4 Å². The van der Waals surface area contributed by atoms with Crippen LogP contribution in [0, 0.1) is 0 Å². The zero-order valence-corrected chi connectivity index (χ0v) is 15.3. The highest BCUT2D eigenvalue weighted by molar-refractivity contribution is 6.30. The van der Waals surface area contributed by atoms with Gasteiger partial charge in [-0.3, -0.25) is 9.78 Å². The summed E-state index contributed by atoms with van der Waals surface area (Å²) in [5.74, 6) is -0.444. The lowest BCUT2D eigenvalue weighted by molar-refractivity contribution is -0.137. The molecule has 0 saturated heterocycles. The molecule has 2 aromatic heterocycles. The zero-order valence-electron chi connectivity index (χ0n) is 14.6. The lowest BCUT2D eigenvalue weighted by Crippen LogP contribution is -2.12. The number of carbonyl (C=O) groups excluding carboxylic acids is 1. The normalized spacial score (nSPS) is 11.6. The van der Waals surface area contributed by atoms with Crippen molar-refractivity contribution >= 4 is 34.2 Å². The molecule has 4 aromatic rings. The van der Waals surface area contributed by atoms with Gasteiger partial charge in [0.1, 0.15) is 11.3 Å².